The highest BCUT2D eigenvalue weighted by atomic mass is 31.1. The SMILES string of the molecule is C=C/C=C(\C=C)P(CCNCc1ccccc1CN[C@H](CP(c1ccccc1)c1ccccc1)C(C)CC)c1ccccc1. The van der Waals surface area contributed by atoms with Crippen LogP contribution in [0, 0.1) is 5.92 Å². The molecule has 4 heteroatoms. The number of rotatable bonds is 18. The zero-order valence-electron chi connectivity index (χ0n) is 26.4. The maximum Gasteiger partial charge on any atom is 0.0211 e. The summed E-state index contributed by atoms with van der Waals surface area (Å²) in [6.07, 6.45) is 9.33. The van der Waals surface area contributed by atoms with Crippen LogP contribution in [0.25, 0.3) is 0 Å². The molecule has 0 radical (unpaired) electrons. The van der Waals surface area contributed by atoms with Gasteiger partial charge >= 0.3 is 0 Å². The molecule has 0 heterocycles. The van der Waals surface area contributed by atoms with Crippen molar-refractivity contribution in [3.05, 3.63) is 163 Å². The lowest BCUT2D eigenvalue weighted by atomic mass is 10.00. The first-order valence-electron chi connectivity index (χ1n) is 15.8. The molecule has 3 atom stereocenters. The van der Waals surface area contributed by atoms with Gasteiger partial charge in [0.15, 0.2) is 0 Å². The van der Waals surface area contributed by atoms with Gasteiger partial charge < -0.3 is 10.6 Å². The normalized spacial score (nSPS) is 13.8. The standard InChI is InChI=1S/C40H48N2P2/c1-5-19-36(7-3)43(37-22-11-8-12-23-37)29-28-41-30-34-20-17-18-21-35(34)31-42-40(33(4)6-2)32-44(38-24-13-9-14-25-38)39-26-15-10-16-27-39/h5,7-27,33,40-42H,1,3,6,28-32H2,2,4H3/b36-19+/t33?,40-,43?/m1/s1. The molecule has 2 N–H and O–H groups in total. The van der Waals surface area contributed by atoms with Gasteiger partial charge in [-0.25, -0.2) is 0 Å². The molecule has 44 heavy (non-hydrogen) atoms. The van der Waals surface area contributed by atoms with Crippen LogP contribution in [0.5, 0.6) is 0 Å². The van der Waals surface area contributed by atoms with Crippen LogP contribution in [0.1, 0.15) is 31.4 Å². The van der Waals surface area contributed by atoms with Gasteiger partial charge in [-0.1, -0.05) is 167 Å². The average Bonchev–Trinajstić information content (AvgIpc) is 3.09. The lowest BCUT2D eigenvalue weighted by Crippen LogP contribution is -2.39. The van der Waals surface area contributed by atoms with E-state index in [0.29, 0.717) is 12.0 Å². The molecule has 4 rings (SSSR count). The second-order valence-electron chi connectivity index (χ2n) is 11.1. The molecule has 2 nitrogen and oxygen atoms in total. The predicted octanol–water partition coefficient (Wildman–Crippen LogP) is 8.48. The van der Waals surface area contributed by atoms with Crippen LogP contribution in [0.2, 0.25) is 0 Å². The van der Waals surface area contributed by atoms with Crippen molar-refractivity contribution in [2.24, 2.45) is 5.92 Å². The topological polar surface area (TPSA) is 24.1 Å². The lowest BCUT2D eigenvalue weighted by Gasteiger charge is -2.30. The first kappa shape index (κ1) is 33.8. The van der Waals surface area contributed by atoms with Gasteiger partial charge in [0.05, 0.1) is 0 Å². The highest BCUT2D eigenvalue weighted by Crippen LogP contribution is 2.43. The van der Waals surface area contributed by atoms with E-state index >= 15 is 0 Å². The smallest absolute Gasteiger partial charge is 0.0211 e. The van der Waals surface area contributed by atoms with Crippen molar-refractivity contribution in [3.8, 4) is 0 Å². The summed E-state index contributed by atoms with van der Waals surface area (Å²) in [6, 6.07) is 42.3. The highest BCUT2D eigenvalue weighted by molar-refractivity contribution is 7.73. The molecule has 0 saturated carbocycles. The fourth-order valence-corrected chi connectivity index (χ4v) is 10.4. The maximum atomic E-state index is 4.09. The third-order valence-electron chi connectivity index (χ3n) is 8.22. The Labute approximate surface area is 268 Å². The van der Waals surface area contributed by atoms with Gasteiger partial charge in [-0.3, -0.25) is 0 Å². The molecule has 0 aliphatic heterocycles. The van der Waals surface area contributed by atoms with E-state index in [1.165, 1.54) is 32.4 Å². The quantitative estimate of drug-likeness (QED) is 0.0664. The number of hydrogen-bond acceptors (Lipinski definition) is 2. The fourth-order valence-electron chi connectivity index (χ4n) is 5.46. The maximum absolute atomic E-state index is 4.09. The van der Waals surface area contributed by atoms with Crippen molar-refractivity contribution >= 4 is 31.8 Å². The molecule has 0 saturated heterocycles. The Bertz CT molecular complexity index is 1400. The zero-order valence-corrected chi connectivity index (χ0v) is 28.2. The highest BCUT2D eigenvalue weighted by Gasteiger charge is 2.23. The van der Waals surface area contributed by atoms with E-state index in [2.05, 4.69) is 159 Å². The molecular weight excluding hydrogens is 570 g/mol. The molecule has 2 unspecified atom stereocenters. The van der Waals surface area contributed by atoms with Crippen molar-refractivity contribution < 1.29 is 0 Å². The number of nitrogens with one attached hydrogen (secondary N) is 2. The van der Waals surface area contributed by atoms with Gasteiger partial charge in [0.25, 0.3) is 0 Å². The van der Waals surface area contributed by atoms with E-state index in [9.17, 15) is 0 Å². The van der Waals surface area contributed by atoms with Gasteiger partial charge in [0.2, 0.25) is 0 Å². The number of hydrogen-bond donors (Lipinski definition) is 2. The van der Waals surface area contributed by atoms with Crippen LogP contribution in [0.3, 0.4) is 0 Å². The summed E-state index contributed by atoms with van der Waals surface area (Å²) in [5.41, 5.74) is 2.74. The van der Waals surface area contributed by atoms with Crippen molar-refractivity contribution in [3.63, 3.8) is 0 Å². The molecule has 228 valence electrons. The molecule has 4 aromatic carbocycles. The Morgan fingerprint density at radius 2 is 1.25 bits per heavy atom. The summed E-state index contributed by atoms with van der Waals surface area (Å²) in [5.74, 6) is 0.581. The Hall–Kier alpha value is -3.12. The minimum atomic E-state index is -0.487. The molecule has 4 aromatic rings. The Morgan fingerprint density at radius 3 is 1.77 bits per heavy atom. The molecule has 0 aliphatic carbocycles. The summed E-state index contributed by atoms with van der Waals surface area (Å²) >= 11 is 0. The van der Waals surface area contributed by atoms with E-state index < -0.39 is 15.8 Å². The predicted molar refractivity (Wildman–Crippen MR) is 199 cm³/mol. The van der Waals surface area contributed by atoms with E-state index in [1.807, 2.05) is 12.2 Å². The average molecular weight is 619 g/mol. The molecule has 0 aromatic heterocycles. The molecule has 0 bridgehead atoms. The van der Waals surface area contributed by atoms with Gasteiger partial charge in [0, 0.05) is 19.1 Å². The Balaban J connectivity index is 1.42. The van der Waals surface area contributed by atoms with E-state index in [4.69, 9.17) is 0 Å². The monoisotopic (exact) mass is 618 g/mol. The van der Waals surface area contributed by atoms with Crippen LogP contribution in [-0.2, 0) is 13.1 Å². The van der Waals surface area contributed by atoms with E-state index in [1.54, 1.807) is 0 Å². The molecular formula is C40H48N2P2. The largest absolute Gasteiger partial charge is 0.312 e. The first-order valence-corrected chi connectivity index (χ1v) is 18.9. The van der Waals surface area contributed by atoms with Crippen molar-refractivity contribution in [1.29, 1.82) is 0 Å². The van der Waals surface area contributed by atoms with Gasteiger partial charge in [0.1, 0.15) is 0 Å². The van der Waals surface area contributed by atoms with E-state index in [-0.39, 0.29) is 0 Å². The molecule has 0 aliphatic rings. The third-order valence-corrected chi connectivity index (χ3v) is 13.4. The van der Waals surface area contributed by atoms with Gasteiger partial charge in [-0.2, -0.15) is 0 Å². The third kappa shape index (κ3) is 9.95. The van der Waals surface area contributed by atoms with Crippen LogP contribution in [0.15, 0.2) is 152 Å². The van der Waals surface area contributed by atoms with Crippen molar-refractivity contribution in [2.45, 2.75) is 39.4 Å². The van der Waals surface area contributed by atoms with Crippen molar-refractivity contribution in [1.82, 2.24) is 10.6 Å². The summed E-state index contributed by atoms with van der Waals surface area (Å²) in [5, 5.41) is 13.3. The lowest BCUT2D eigenvalue weighted by molar-refractivity contribution is 0.393. The summed E-state index contributed by atoms with van der Waals surface area (Å²) in [6.45, 7) is 15.4. The first-order chi connectivity index (χ1) is 21.6. The van der Waals surface area contributed by atoms with Crippen LogP contribution in [0.4, 0.5) is 0 Å². The van der Waals surface area contributed by atoms with Gasteiger partial charge in [-0.15, -0.1) is 0 Å². The fraction of sp³-hybridized carbons (Fsp3) is 0.250. The van der Waals surface area contributed by atoms with Crippen molar-refractivity contribution in [2.75, 3.05) is 18.9 Å². The number of benzene rings is 4. The number of allylic oxidation sites excluding steroid dienone is 4. The second kappa shape index (κ2) is 18.6. The van der Waals surface area contributed by atoms with Crippen LogP contribution in [-0.4, -0.2) is 24.9 Å². The summed E-state index contributed by atoms with van der Waals surface area (Å²) < 4.78 is 0. The zero-order chi connectivity index (χ0) is 31.0. The van der Waals surface area contributed by atoms with Crippen LogP contribution < -0.4 is 26.5 Å². The second-order valence-corrected chi connectivity index (χ2v) is 15.7. The minimum absolute atomic E-state index is 0.427. The molecule has 0 spiro atoms. The minimum Gasteiger partial charge on any atom is -0.312 e. The summed E-state index contributed by atoms with van der Waals surface area (Å²) in [4.78, 5) is 0. The summed E-state index contributed by atoms with van der Waals surface area (Å²) in [7, 11) is -0.941. The molecule has 0 fully saturated rings. The van der Waals surface area contributed by atoms with Crippen LogP contribution >= 0.6 is 15.8 Å². The van der Waals surface area contributed by atoms with Gasteiger partial charge in [-0.05, 0) is 73.0 Å². The van der Waals surface area contributed by atoms with E-state index in [0.717, 1.165) is 38.4 Å². The Morgan fingerprint density at radius 1 is 0.727 bits per heavy atom. The Kier molecular flexibility index (Phi) is 14.3. The molecule has 0 amide bonds.